The number of anilines is 1. The molecule has 4 aliphatic carbocycles. The third kappa shape index (κ3) is 4.06. The van der Waals surface area contributed by atoms with E-state index in [0.29, 0.717) is 17.7 Å². The Morgan fingerprint density at radius 3 is 2.51 bits per heavy atom. The number of fused-ring (bicyclic) bond motifs is 7. The molecule has 7 nitrogen and oxygen atoms in total. The van der Waals surface area contributed by atoms with Crippen LogP contribution in [-0.4, -0.2) is 58.0 Å². The van der Waals surface area contributed by atoms with Crippen molar-refractivity contribution in [1.29, 1.82) is 0 Å². The van der Waals surface area contributed by atoms with E-state index in [1.54, 1.807) is 20.8 Å². The van der Waals surface area contributed by atoms with Crippen LogP contribution < -0.4 is 5.73 Å². The van der Waals surface area contributed by atoms with Crippen LogP contribution in [0.25, 0.3) is 0 Å². The Morgan fingerprint density at radius 1 is 1.07 bits per heavy atom. The number of aliphatic hydroxyl groups excluding tert-OH is 2. The Balaban J connectivity index is 1.24. The predicted octanol–water partition coefficient (Wildman–Crippen LogP) is 4.97. The molecule has 1 heterocycles. The number of alkyl halides is 2. The van der Waals surface area contributed by atoms with Crippen molar-refractivity contribution in [2.45, 2.75) is 88.8 Å². The number of Topliss-reactive ketones (excluding diaryl/α,β-unsaturated/α-hetero) is 1. The van der Waals surface area contributed by atoms with Gasteiger partial charge in [0.05, 0.1) is 12.2 Å². The first-order chi connectivity index (χ1) is 21.3. The van der Waals surface area contributed by atoms with Gasteiger partial charge in [0.25, 0.3) is 0 Å². The van der Waals surface area contributed by atoms with E-state index in [1.807, 2.05) is 48.5 Å². The average molecular weight is 622 g/mol. The molecule has 0 bridgehead atoms. The maximum absolute atomic E-state index is 17.8. The van der Waals surface area contributed by atoms with E-state index in [0.717, 1.165) is 11.1 Å². The lowest BCUT2D eigenvalue weighted by molar-refractivity contribution is -0.244. The summed E-state index contributed by atoms with van der Waals surface area (Å²) >= 11 is 0. The molecule has 4 fully saturated rings. The number of ketones is 2. The fourth-order valence-corrected chi connectivity index (χ4v) is 10.1. The van der Waals surface area contributed by atoms with Crippen LogP contribution >= 0.6 is 0 Å². The van der Waals surface area contributed by atoms with Gasteiger partial charge in [-0.2, -0.15) is 0 Å². The average Bonchev–Trinajstić information content (AvgIpc) is 3.50. The van der Waals surface area contributed by atoms with Crippen LogP contribution in [0.3, 0.4) is 0 Å². The molecule has 0 aromatic heterocycles. The number of aliphatic hydroxyl groups is 2. The second kappa shape index (κ2) is 10.3. The summed E-state index contributed by atoms with van der Waals surface area (Å²) in [6, 6.07) is 15.3. The minimum Gasteiger partial charge on any atom is -0.399 e. The lowest BCUT2D eigenvalue weighted by atomic mass is 9.43. The molecule has 5 aliphatic rings. The monoisotopic (exact) mass is 621 g/mol. The van der Waals surface area contributed by atoms with E-state index in [4.69, 9.17) is 15.2 Å². The molecular formula is C36H41F2NO6. The van der Waals surface area contributed by atoms with Gasteiger partial charge in [0.2, 0.25) is 0 Å². The topological polar surface area (TPSA) is 119 Å². The van der Waals surface area contributed by atoms with Gasteiger partial charge >= 0.3 is 0 Å². The minimum atomic E-state index is -2.22. The summed E-state index contributed by atoms with van der Waals surface area (Å²) in [7, 11) is 0. The molecule has 1 saturated heterocycles. The third-order valence-corrected chi connectivity index (χ3v) is 12.2. The van der Waals surface area contributed by atoms with Crippen molar-refractivity contribution in [3.8, 4) is 0 Å². The van der Waals surface area contributed by atoms with Crippen LogP contribution in [0.5, 0.6) is 0 Å². The number of carbonyl (C=O) groups is 2. The molecule has 240 valence electrons. The Bertz CT molecular complexity index is 1580. The maximum Gasteiger partial charge on any atom is 0.193 e. The third-order valence-electron chi connectivity index (χ3n) is 12.2. The Kier molecular flexibility index (Phi) is 6.99. The van der Waals surface area contributed by atoms with Crippen LogP contribution in [0.4, 0.5) is 14.5 Å². The number of halogens is 2. The number of ether oxygens (including phenoxy) is 2. The van der Waals surface area contributed by atoms with Crippen LogP contribution in [-0.2, 0) is 25.5 Å². The molecule has 7 rings (SSSR count). The number of hydrogen-bond acceptors (Lipinski definition) is 7. The molecule has 2 aromatic carbocycles. The lowest BCUT2D eigenvalue weighted by Crippen LogP contribution is -2.71. The van der Waals surface area contributed by atoms with Gasteiger partial charge in [0.1, 0.15) is 18.4 Å². The van der Waals surface area contributed by atoms with Gasteiger partial charge in [-0.3, -0.25) is 9.59 Å². The number of carbonyl (C=O) groups excluding carboxylic acids is 2. The largest absolute Gasteiger partial charge is 0.399 e. The molecule has 2 aromatic rings. The zero-order valence-electron chi connectivity index (χ0n) is 25.8. The molecule has 0 spiro atoms. The van der Waals surface area contributed by atoms with Crippen molar-refractivity contribution in [1.82, 2.24) is 0 Å². The second-order valence-corrected chi connectivity index (χ2v) is 14.6. The van der Waals surface area contributed by atoms with Gasteiger partial charge in [-0.1, -0.05) is 57.2 Å². The molecule has 3 saturated carbocycles. The van der Waals surface area contributed by atoms with Gasteiger partial charge in [0.15, 0.2) is 23.5 Å². The fourth-order valence-electron chi connectivity index (χ4n) is 10.1. The highest BCUT2D eigenvalue weighted by Crippen LogP contribution is 2.73. The van der Waals surface area contributed by atoms with E-state index < -0.39 is 76.9 Å². The van der Waals surface area contributed by atoms with Crippen molar-refractivity contribution in [2.75, 3.05) is 12.3 Å². The van der Waals surface area contributed by atoms with Gasteiger partial charge in [-0.25, -0.2) is 8.78 Å². The Labute approximate surface area is 261 Å². The maximum atomic E-state index is 17.8. The number of nitrogens with two attached hydrogens (primary N) is 1. The summed E-state index contributed by atoms with van der Waals surface area (Å²) in [5.41, 5.74) is 2.98. The molecule has 0 radical (unpaired) electrons. The van der Waals surface area contributed by atoms with Crippen molar-refractivity contribution in [3.05, 3.63) is 76.9 Å². The lowest BCUT2D eigenvalue weighted by Gasteiger charge is -2.64. The van der Waals surface area contributed by atoms with Gasteiger partial charge in [0, 0.05) is 33.9 Å². The normalized spacial score (nSPS) is 43.6. The summed E-state index contributed by atoms with van der Waals surface area (Å²) in [6.07, 6.45) is -3.03. The van der Waals surface area contributed by atoms with E-state index in [1.165, 1.54) is 6.08 Å². The first-order valence-corrected chi connectivity index (χ1v) is 16.0. The Morgan fingerprint density at radius 2 is 1.80 bits per heavy atom. The van der Waals surface area contributed by atoms with Crippen molar-refractivity contribution in [2.24, 2.45) is 28.6 Å². The van der Waals surface area contributed by atoms with Crippen LogP contribution in [0.2, 0.25) is 0 Å². The number of hydrogen-bond donors (Lipinski definition) is 3. The number of allylic oxidation sites excluding steroid dienone is 1. The van der Waals surface area contributed by atoms with Crippen molar-refractivity contribution >= 4 is 17.3 Å². The molecule has 1 unspecified atom stereocenters. The smallest absolute Gasteiger partial charge is 0.193 e. The van der Waals surface area contributed by atoms with Crippen molar-refractivity contribution in [3.63, 3.8) is 0 Å². The zero-order valence-corrected chi connectivity index (χ0v) is 25.8. The number of nitrogen functional groups attached to an aromatic ring is 1. The summed E-state index contributed by atoms with van der Waals surface area (Å²) in [5.74, 6) is -2.85. The molecule has 9 heteroatoms. The van der Waals surface area contributed by atoms with Gasteiger partial charge < -0.3 is 25.4 Å². The highest BCUT2D eigenvalue weighted by atomic mass is 19.1. The molecular weight excluding hydrogens is 580 g/mol. The van der Waals surface area contributed by atoms with Crippen LogP contribution in [0.1, 0.15) is 69.4 Å². The SMILES string of the molecule is CC1C[C@@]2(C)C(=CC1=O)[C@@H](F)C[C@H]1[C@@H]3C[C@H]4O[C@@H](c5cccc(Cc6ccc(N)cc6)c5)O[C@@]4(C(=O)CO)[C@@]3(C)C[C@H](O)[C@@]12F. The fraction of sp³-hybridized carbons (Fsp3) is 0.556. The highest BCUT2D eigenvalue weighted by Gasteiger charge is 2.80. The first-order valence-electron chi connectivity index (χ1n) is 16.0. The predicted molar refractivity (Wildman–Crippen MR) is 162 cm³/mol. The Hall–Kier alpha value is -2.98. The summed E-state index contributed by atoms with van der Waals surface area (Å²) in [6.45, 7) is 4.33. The van der Waals surface area contributed by atoms with E-state index in [9.17, 15) is 19.8 Å². The van der Waals surface area contributed by atoms with Gasteiger partial charge in [-0.15, -0.1) is 0 Å². The number of rotatable bonds is 5. The zero-order chi connectivity index (χ0) is 32.1. The molecule has 11 atom stereocenters. The van der Waals surface area contributed by atoms with E-state index in [2.05, 4.69) is 0 Å². The first kappa shape index (κ1) is 30.7. The summed E-state index contributed by atoms with van der Waals surface area (Å²) < 4.78 is 46.9. The quantitative estimate of drug-likeness (QED) is 0.404. The van der Waals surface area contributed by atoms with E-state index >= 15 is 8.78 Å². The second-order valence-electron chi connectivity index (χ2n) is 14.6. The molecule has 0 amide bonds. The summed E-state index contributed by atoms with van der Waals surface area (Å²) in [5, 5.41) is 22.0. The molecule has 1 aliphatic heterocycles. The molecule has 45 heavy (non-hydrogen) atoms. The van der Waals surface area contributed by atoms with E-state index in [-0.39, 0.29) is 37.0 Å². The van der Waals surface area contributed by atoms with Crippen LogP contribution in [0.15, 0.2) is 60.2 Å². The minimum absolute atomic E-state index is 0.0947. The van der Waals surface area contributed by atoms with Crippen LogP contribution in [0, 0.1) is 28.6 Å². The van der Waals surface area contributed by atoms with Crippen molar-refractivity contribution < 1.29 is 38.1 Å². The highest BCUT2D eigenvalue weighted by molar-refractivity contribution is 5.94. The number of benzene rings is 2. The summed E-state index contributed by atoms with van der Waals surface area (Å²) in [4.78, 5) is 26.4. The van der Waals surface area contributed by atoms with Gasteiger partial charge in [-0.05, 0) is 72.9 Å². The molecule has 4 N–H and O–H groups in total. The standard InChI is InChI=1S/C36H41F2NO6/c1-19-16-33(2)26(14-28(19)41)27(37)13-25-24-15-31-36(30(43)18-40,34(24,3)17-29(42)35(25,33)38)45-32(44-31)22-6-4-5-21(12-22)11-20-7-9-23(39)10-8-20/h4-10,12,14,19,24-25,27,29,31-32,40,42H,11,13,15-18,39H2,1-3H3/t19?,24-,25-,27-,29-,31+,32+,33-,34-,35-,36+/m0/s1.